The molecular formula is C15H22F2N2. The van der Waals surface area contributed by atoms with Crippen LogP contribution in [-0.4, -0.2) is 31.1 Å². The molecule has 0 radical (unpaired) electrons. The van der Waals surface area contributed by atoms with Crippen LogP contribution in [0.25, 0.3) is 0 Å². The third-order valence-electron chi connectivity index (χ3n) is 3.62. The molecule has 0 amide bonds. The number of nitrogens with zero attached hydrogens (tertiary/aromatic N) is 1. The molecule has 1 aliphatic rings. The highest BCUT2D eigenvalue weighted by molar-refractivity contribution is 5.17. The van der Waals surface area contributed by atoms with Crippen molar-refractivity contribution < 1.29 is 8.78 Å². The van der Waals surface area contributed by atoms with Crippen LogP contribution < -0.4 is 5.32 Å². The van der Waals surface area contributed by atoms with Crippen molar-refractivity contribution in [3.05, 3.63) is 35.4 Å². The van der Waals surface area contributed by atoms with E-state index in [-0.39, 0.29) is 0 Å². The van der Waals surface area contributed by atoms with Gasteiger partial charge in [-0.1, -0.05) is 13.0 Å². The number of benzene rings is 1. The van der Waals surface area contributed by atoms with E-state index in [9.17, 15) is 8.78 Å². The first kappa shape index (κ1) is 14.4. The molecule has 0 bridgehead atoms. The van der Waals surface area contributed by atoms with Gasteiger partial charge in [-0.2, -0.15) is 0 Å². The number of likely N-dealkylation sites (tertiary alicyclic amines) is 1. The normalized spacial score (nSPS) is 20.1. The molecular weight excluding hydrogens is 246 g/mol. The molecule has 1 heterocycles. The third kappa shape index (κ3) is 4.25. The van der Waals surface area contributed by atoms with Crippen LogP contribution in [0.3, 0.4) is 0 Å². The fourth-order valence-corrected chi connectivity index (χ4v) is 2.60. The molecule has 1 aliphatic heterocycles. The SMILES string of the molecule is CCCNCC1CCN(Cc2ccc(F)c(F)c2)C1. The van der Waals surface area contributed by atoms with Gasteiger partial charge in [-0.25, -0.2) is 8.78 Å². The van der Waals surface area contributed by atoms with Gasteiger partial charge in [0.25, 0.3) is 0 Å². The summed E-state index contributed by atoms with van der Waals surface area (Å²) in [7, 11) is 0. The molecule has 0 spiro atoms. The fourth-order valence-electron chi connectivity index (χ4n) is 2.60. The van der Waals surface area contributed by atoms with Crippen LogP contribution in [0.4, 0.5) is 8.78 Å². The highest BCUT2D eigenvalue weighted by Gasteiger charge is 2.22. The molecule has 1 aromatic rings. The van der Waals surface area contributed by atoms with Crippen LogP contribution in [0.15, 0.2) is 18.2 Å². The van der Waals surface area contributed by atoms with Crippen LogP contribution >= 0.6 is 0 Å². The predicted molar refractivity (Wildman–Crippen MR) is 72.9 cm³/mol. The summed E-state index contributed by atoms with van der Waals surface area (Å²) in [5, 5.41) is 3.44. The van der Waals surface area contributed by atoms with Crippen molar-refractivity contribution in [1.82, 2.24) is 10.2 Å². The summed E-state index contributed by atoms with van der Waals surface area (Å²) in [6.07, 6.45) is 2.34. The molecule has 0 aromatic heterocycles. The molecule has 1 atom stereocenters. The van der Waals surface area contributed by atoms with Crippen LogP contribution in [0, 0.1) is 17.6 Å². The van der Waals surface area contributed by atoms with E-state index in [0.717, 1.165) is 38.2 Å². The number of halogens is 2. The minimum Gasteiger partial charge on any atom is -0.316 e. The molecule has 106 valence electrons. The summed E-state index contributed by atoms with van der Waals surface area (Å²) in [6, 6.07) is 4.18. The Hall–Kier alpha value is -1.00. The van der Waals surface area contributed by atoms with Crippen LogP contribution in [0.2, 0.25) is 0 Å². The van der Waals surface area contributed by atoms with Crippen LogP contribution in [0.5, 0.6) is 0 Å². The maximum absolute atomic E-state index is 13.1. The fraction of sp³-hybridized carbons (Fsp3) is 0.600. The lowest BCUT2D eigenvalue weighted by molar-refractivity contribution is 0.313. The maximum Gasteiger partial charge on any atom is 0.159 e. The quantitative estimate of drug-likeness (QED) is 0.798. The predicted octanol–water partition coefficient (Wildman–Crippen LogP) is 2.79. The minimum absolute atomic E-state index is 0.678. The second-order valence-corrected chi connectivity index (χ2v) is 5.34. The Morgan fingerprint density at radius 3 is 2.89 bits per heavy atom. The average Bonchev–Trinajstić information content (AvgIpc) is 2.82. The number of hydrogen-bond acceptors (Lipinski definition) is 2. The summed E-state index contributed by atoms with van der Waals surface area (Å²) < 4.78 is 26.0. The molecule has 2 nitrogen and oxygen atoms in total. The van der Waals surface area contributed by atoms with Crippen molar-refractivity contribution in [2.75, 3.05) is 26.2 Å². The molecule has 4 heteroatoms. The van der Waals surface area contributed by atoms with Gasteiger partial charge < -0.3 is 5.32 Å². The van der Waals surface area contributed by atoms with E-state index in [1.54, 1.807) is 6.07 Å². The molecule has 1 aromatic carbocycles. The Kier molecular flexibility index (Phi) is 5.28. The topological polar surface area (TPSA) is 15.3 Å². The number of nitrogens with one attached hydrogen (secondary N) is 1. The molecule has 1 unspecified atom stereocenters. The second-order valence-electron chi connectivity index (χ2n) is 5.34. The molecule has 2 rings (SSSR count). The van der Waals surface area contributed by atoms with E-state index in [0.29, 0.717) is 12.5 Å². The molecule has 1 saturated heterocycles. The zero-order valence-electron chi connectivity index (χ0n) is 11.5. The van der Waals surface area contributed by atoms with E-state index in [1.807, 2.05) is 0 Å². The van der Waals surface area contributed by atoms with Crippen molar-refractivity contribution in [2.45, 2.75) is 26.3 Å². The largest absolute Gasteiger partial charge is 0.316 e. The van der Waals surface area contributed by atoms with E-state index < -0.39 is 11.6 Å². The highest BCUT2D eigenvalue weighted by Crippen LogP contribution is 2.19. The van der Waals surface area contributed by atoms with Gasteiger partial charge in [-0.15, -0.1) is 0 Å². The van der Waals surface area contributed by atoms with Gasteiger partial charge in [0.2, 0.25) is 0 Å². The highest BCUT2D eigenvalue weighted by atomic mass is 19.2. The average molecular weight is 268 g/mol. The maximum atomic E-state index is 13.1. The van der Waals surface area contributed by atoms with Crippen LogP contribution in [0.1, 0.15) is 25.3 Å². The molecule has 0 saturated carbocycles. The van der Waals surface area contributed by atoms with Gasteiger partial charge in [0, 0.05) is 13.1 Å². The van der Waals surface area contributed by atoms with Gasteiger partial charge in [0.1, 0.15) is 0 Å². The van der Waals surface area contributed by atoms with Crippen molar-refractivity contribution in [3.63, 3.8) is 0 Å². The first-order valence-corrected chi connectivity index (χ1v) is 7.06. The Morgan fingerprint density at radius 2 is 2.16 bits per heavy atom. The van der Waals surface area contributed by atoms with Gasteiger partial charge in [0.15, 0.2) is 11.6 Å². The Labute approximate surface area is 113 Å². The lowest BCUT2D eigenvalue weighted by Crippen LogP contribution is -2.26. The summed E-state index contributed by atoms with van der Waals surface area (Å²) in [5.41, 5.74) is 0.848. The first-order valence-electron chi connectivity index (χ1n) is 7.06. The zero-order valence-corrected chi connectivity index (χ0v) is 11.5. The third-order valence-corrected chi connectivity index (χ3v) is 3.62. The summed E-state index contributed by atoms with van der Waals surface area (Å²) in [5.74, 6) is -0.846. The lowest BCUT2D eigenvalue weighted by atomic mass is 10.1. The van der Waals surface area contributed by atoms with Gasteiger partial charge in [-0.3, -0.25) is 4.90 Å². The van der Waals surface area contributed by atoms with Crippen molar-refractivity contribution >= 4 is 0 Å². The monoisotopic (exact) mass is 268 g/mol. The zero-order chi connectivity index (χ0) is 13.7. The van der Waals surface area contributed by atoms with E-state index in [4.69, 9.17) is 0 Å². The number of hydrogen-bond donors (Lipinski definition) is 1. The molecule has 0 aliphatic carbocycles. The van der Waals surface area contributed by atoms with Crippen LogP contribution in [-0.2, 0) is 6.54 Å². The van der Waals surface area contributed by atoms with E-state index >= 15 is 0 Å². The van der Waals surface area contributed by atoms with Gasteiger partial charge >= 0.3 is 0 Å². The standard InChI is InChI=1S/C15H22F2N2/c1-2-6-18-9-13-5-7-19(11-13)10-12-3-4-14(16)15(17)8-12/h3-4,8,13,18H,2,5-7,9-11H2,1H3. The van der Waals surface area contributed by atoms with Gasteiger partial charge in [0.05, 0.1) is 0 Å². The Balaban J connectivity index is 1.79. The Bertz CT molecular complexity index is 409. The Morgan fingerprint density at radius 1 is 1.32 bits per heavy atom. The first-order chi connectivity index (χ1) is 9.19. The van der Waals surface area contributed by atoms with E-state index in [1.165, 1.54) is 18.6 Å². The van der Waals surface area contributed by atoms with Crippen molar-refractivity contribution in [3.8, 4) is 0 Å². The van der Waals surface area contributed by atoms with Crippen molar-refractivity contribution in [1.29, 1.82) is 0 Å². The van der Waals surface area contributed by atoms with E-state index in [2.05, 4.69) is 17.1 Å². The molecule has 1 fully saturated rings. The number of rotatable bonds is 6. The summed E-state index contributed by atoms with van der Waals surface area (Å²) in [4.78, 5) is 2.31. The smallest absolute Gasteiger partial charge is 0.159 e. The molecule has 1 N–H and O–H groups in total. The summed E-state index contributed by atoms with van der Waals surface area (Å²) in [6.45, 7) is 7.08. The second kappa shape index (κ2) is 6.96. The minimum atomic E-state index is -0.771. The van der Waals surface area contributed by atoms with Gasteiger partial charge in [-0.05, 0) is 56.1 Å². The lowest BCUT2D eigenvalue weighted by Gasteiger charge is -2.16. The van der Waals surface area contributed by atoms with Crippen molar-refractivity contribution in [2.24, 2.45) is 5.92 Å². The molecule has 19 heavy (non-hydrogen) atoms. The summed E-state index contributed by atoms with van der Waals surface area (Å²) >= 11 is 0.